The van der Waals surface area contributed by atoms with Crippen LogP contribution in [0.25, 0.3) is 0 Å². The molecule has 0 fully saturated rings. The van der Waals surface area contributed by atoms with E-state index >= 15 is 0 Å². The van der Waals surface area contributed by atoms with Crippen LogP contribution in [-0.4, -0.2) is 24.2 Å². The van der Waals surface area contributed by atoms with Gasteiger partial charge in [0.25, 0.3) is 0 Å². The second-order valence-electron chi connectivity index (χ2n) is 6.59. The Morgan fingerprint density at radius 2 is 1.81 bits per heavy atom. The number of hydrogen-bond donors (Lipinski definition) is 0. The van der Waals surface area contributed by atoms with Gasteiger partial charge in [0, 0.05) is 25.1 Å². The average molecular weight is 364 g/mol. The number of amides is 1. The van der Waals surface area contributed by atoms with Crippen molar-refractivity contribution in [2.45, 2.75) is 24.2 Å². The maximum Gasteiger partial charge on any atom is 0.238 e. The lowest BCUT2D eigenvalue weighted by Gasteiger charge is -2.35. The molecule has 138 valence electrons. The molecule has 0 aromatic heterocycles. The van der Waals surface area contributed by atoms with Crippen molar-refractivity contribution in [1.82, 2.24) is 0 Å². The summed E-state index contributed by atoms with van der Waals surface area (Å²) in [5.74, 6) is -0.585. The molecule has 1 heterocycles. The molecule has 2 atom stereocenters. The molecule has 0 saturated carbocycles. The normalized spacial score (nSPS) is 19.9. The summed E-state index contributed by atoms with van der Waals surface area (Å²) in [6, 6.07) is 16.8. The van der Waals surface area contributed by atoms with E-state index in [2.05, 4.69) is 0 Å². The highest BCUT2D eigenvalue weighted by Gasteiger charge is 2.54. The smallest absolute Gasteiger partial charge is 0.238 e. The first-order valence-electron chi connectivity index (χ1n) is 8.68. The Kier molecular flexibility index (Phi) is 5.16. The third-order valence-electron chi connectivity index (χ3n) is 5.23. The third kappa shape index (κ3) is 3.14. The maximum atomic E-state index is 13.5. The van der Waals surface area contributed by atoms with Crippen molar-refractivity contribution in [2.24, 2.45) is 0 Å². The summed E-state index contributed by atoms with van der Waals surface area (Å²) in [5, 5.41) is 10.8. The van der Waals surface area contributed by atoms with Crippen molar-refractivity contribution in [2.75, 3.05) is 11.9 Å². The van der Waals surface area contributed by atoms with E-state index in [-0.39, 0.29) is 18.7 Å². The van der Waals surface area contributed by atoms with Crippen LogP contribution >= 0.6 is 0 Å². The molecule has 0 radical (unpaired) electrons. The summed E-state index contributed by atoms with van der Waals surface area (Å²) >= 11 is 0. The molecule has 3 rings (SSSR count). The van der Waals surface area contributed by atoms with Crippen molar-refractivity contribution >= 4 is 17.9 Å². The highest BCUT2D eigenvalue weighted by molar-refractivity contribution is 6.08. The van der Waals surface area contributed by atoms with E-state index in [0.29, 0.717) is 0 Å². The molecule has 0 aliphatic carbocycles. The Balaban J connectivity index is 2.23. The van der Waals surface area contributed by atoms with Gasteiger partial charge in [0.1, 0.15) is 6.29 Å². The van der Waals surface area contributed by atoms with Crippen LogP contribution in [0.2, 0.25) is 0 Å². The van der Waals surface area contributed by atoms with Gasteiger partial charge >= 0.3 is 0 Å². The van der Waals surface area contributed by atoms with Crippen LogP contribution in [0, 0.1) is 10.1 Å². The molecular weight excluding hydrogens is 344 g/mol. The van der Waals surface area contributed by atoms with Crippen LogP contribution in [-0.2, 0) is 15.0 Å². The molecule has 0 saturated heterocycles. The molecule has 1 amide bonds. The van der Waals surface area contributed by atoms with Gasteiger partial charge in [-0.3, -0.25) is 14.9 Å². The third-order valence-corrected chi connectivity index (χ3v) is 5.23. The highest BCUT2D eigenvalue weighted by Crippen LogP contribution is 2.52. The number of fused-ring (bicyclic) bond motifs is 1. The number of likely N-dealkylation sites (N-methyl/N-ethyl adjacent to an activating group) is 1. The first kappa shape index (κ1) is 18.5. The lowest BCUT2D eigenvalue weighted by molar-refractivity contribution is -0.402. The van der Waals surface area contributed by atoms with E-state index in [9.17, 15) is 19.7 Å². The molecule has 0 unspecified atom stereocenters. The fraction of sp³-hybridized carbons (Fsp3) is 0.238. The maximum absolute atomic E-state index is 13.5. The van der Waals surface area contributed by atoms with E-state index in [1.807, 2.05) is 54.6 Å². The fourth-order valence-corrected chi connectivity index (χ4v) is 4.07. The average Bonchev–Trinajstić information content (AvgIpc) is 2.89. The van der Waals surface area contributed by atoms with Crippen LogP contribution in [0.3, 0.4) is 0 Å². The largest absolute Gasteiger partial charge is 0.314 e. The van der Waals surface area contributed by atoms with Gasteiger partial charge in [-0.05, 0) is 29.7 Å². The van der Waals surface area contributed by atoms with Gasteiger partial charge < -0.3 is 9.69 Å². The Hall–Kier alpha value is -3.28. The van der Waals surface area contributed by atoms with Crippen molar-refractivity contribution in [3.05, 3.63) is 88.1 Å². The van der Waals surface area contributed by atoms with Gasteiger partial charge in [-0.25, -0.2) is 0 Å². The molecule has 2 aromatic carbocycles. The number of nitro groups is 1. The molecule has 27 heavy (non-hydrogen) atoms. The van der Waals surface area contributed by atoms with Crippen molar-refractivity contribution in [3.63, 3.8) is 0 Å². The molecule has 1 aliphatic heterocycles. The molecular formula is C21H20N2O4. The number of nitrogens with zero attached hydrogens (tertiary/aromatic N) is 2. The molecule has 0 bridgehead atoms. The zero-order valence-electron chi connectivity index (χ0n) is 14.9. The summed E-state index contributed by atoms with van der Waals surface area (Å²) in [4.78, 5) is 36.8. The van der Waals surface area contributed by atoms with Gasteiger partial charge in [-0.15, -0.1) is 0 Å². The summed E-state index contributed by atoms with van der Waals surface area (Å²) < 4.78 is 0. The van der Waals surface area contributed by atoms with E-state index in [1.165, 1.54) is 6.08 Å². The Bertz CT molecular complexity index is 894. The number of para-hydroxylation sites is 1. The Morgan fingerprint density at radius 3 is 2.48 bits per heavy atom. The van der Waals surface area contributed by atoms with Crippen LogP contribution in [0.5, 0.6) is 0 Å². The minimum atomic E-state index is -1.07. The number of rotatable bonds is 7. The number of carbonyl (C=O) groups is 2. The van der Waals surface area contributed by atoms with Crippen LogP contribution in [0.4, 0.5) is 5.69 Å². The zero-order valence-corrected chi connectivity index (χ0v) is 14.9. The van der Waals surface area contributed by atoms with Crippen molar-refractivity contribution in [1.29, 1.82) is 0 Å². The first-order valence-corrected chi connectivity index (χ1v) is 8.68. The number of allylic oxidation sites excluding steroid dienone is 1. The SMILES string of the molecule is CN1C(=O)[C@](C/C=C/[N+](=O)[O-])([C@@H](CC=O)c2ccccc2)c2ccccc21. The number of carbonyl (C=O) groups excluding carboxylic acids is 2. The van der Waals surface area contributed by atoms with Gasteiger partial charge in [0.15, 0.2) is 0 Å². The molecule has 0 spiro atoms. The molecule has 6 heteroatoms. The summed E-state index contributed by atoms with van der Waals surface area (Å²) in [6.45, 7) is 0. The predicted molar refractivity (Wildman–Crippen MR) is 102 cm³/mol. The van der Waals surface area contributed by atoms with Gasteiger partial charge in [0.2, 0.25) is 12.1 Å². The second kappa shape index (κ2) is 7.53. The predicted octanol–water partition coefficient (Wildman–Crippen LogP) is 3.45. The molecule has 1 aliphatic rings. The molecule has 6 nitrogen and oxygen atoms in total. The lowest BCUT2D eigenvalue weighted by Crippen LogP contribution is -2.43. The fourth-order valence-electron chi connectivity index (χ4n) is 4.07. The second-order valence-corrected chi connectivity index (χ2v) is 6.59. The minimum absolute atomic E-state index is 0.140. The van der Waals surface area contributed by atoms with Gasteiger partial charge in [-0.1, -0.05) is 48.5 Å². The van der Waals surface area contributed by atoms with E-state index in [1.54, 1.807) is 11.9 Å². The van der Waals surface area contributed by atoms with E-state index < -0.39 is 16.3 Å². The van der Waals surface area contributed by atoms with Gasteiger partial charge in [0.05, 0.1) is 10.3 Å². The number of benzene rings is 2. The van der Waals surface area contributed by atoms with Crippen LogP contribution in [0.1, 0.15) is 29.9 Å². The molecule has 2 aromatic rings. The summed E-state index contributed by atoms with van der Waals surface area (Å²) in [5.41, 5.74) is 1.35. The topological polar surface area (TPSA) is 80.5 Å². The molecule has 0 N–H and O–H groups in total. The van der Waals surface area contributed by atoms with Crippen LogP contribution < -0.4 is 4.90 Å². The zero-order chi connectivity index (χ0) is 19.4. The van der Waals surface area contributed by atoms with Crippen molar-refractivity contribution in [3.8, 4) is 0 Å². The quantitative estimate of drug-likeness (QED) is 0.428. The number of aldehydes is 1. The van der Waals surface area contributed by atoms with Crippen LogP contribution in [0.15, 0.2) is 66.9 Å². The van der Waals surface area contributed by atoms with Gasteiger partial charge in [-0.2, -0.15) is 0 Å². The summed E-state index contributed by atoms with van der Waals surface area (Å²) in [6.07, 6.45) is 3.37. The highest BCUT2D eigenvalue weighted by atomic mass is 16.6. The van der Waals surface area contributed by atoms with E-state index in [4.69, 9.17) is 0 Å². The minimum Gasteiger partial charge on any atom is -0.314 e. The monoisotopic (exact) mass is 364 g/mol. The van der Waals surface area contributed by atoms with Crippen molar-refractivity contribution < 1.29 is 14.5 Å². The Morgan fingerprint density at radius 1 is 1.15 bits per heavy atom. The lowest BCUT2D eigenvalue weighted by atomic mass is 9.65. The first-order chi connectivity index (χ1) is 13.0. The number of hydrogen-bond acceptors (Lipinski definition) is 4. The number of anilines is 1. The standard InChI is InChI=1S/C21H20N2O4/c1-22-19-11-6-5-10-18(19)21(20(22)25,13-7-14-23(26)27)17(12-15-24)16-8-3-2-4-9-16/h2-11,14-15,17H,12-13H2,1H3/b14-7+/t17-,21+/m0/s1. The summed E-state index contributed by atoms with van der Waals surface area (Å²) in [7, 11) is 1.70. The van der Waals surface area contributed by atoms with E-state index in [0.717, 1.165) is 29.3 Å². The Labute approximate surface area is 157 Å².